The minimum Gasteiger partial charge on any atom is -0.508 e. The Labute approximate surface area is 188 Å². The summed E-state index contributed by atoms with van der Waals surface area (Å²) in [4.78, 5) is 48.0. The van der Waals surface area contributed by atoms with E-state index in [4.69, 9.17) is 5.11 Å². The molecule has 1 atom stereocenters. The molecule has 1 fully saturated rings. The first-order valence-corrected chi connectivity index (χ1v) is 10.2. The monoisotopic (exact) mass is 454 g/mol. The Balaban J connectivity index is 1.97. The second-order valence-corrected chi connectivity index (χ2v) is 7.59. The van der Waals surface area contributed by atoms with Crippen LogP contribution in [0.3, 0.4) is 0 Å². The number of phenols is 1. The third-order valence-corrected chi connectivity index (χ3v) is 5.39. The smallest absolute Gasteiger partial charge is 0.303 e. The van der Waals surface area contributed by atoms with Crippen molar-refractivity contribution < 1.29 is 34.6 Å². The first kappa shape index (κ1) is 23.5. The summed E-state index contributed by atoms with van der Waals surface area (Å²) < 4.78 is 0. The SMILES string of the molecule is O=C(O)CCCCCN1C(=O)C(=O)C(=C(O)c2ccc([N+](=O)[O-])cc2)C1c1ccc(O)cc1. The third-order valence-electron chi connectivity index (χ3n) is 5.39. The Morgan fingerprint density at radius 1 is 0.970 bits per heavy atom. The van der Waals surface area contributed by atoms with E-state index in [-0.39, 0.29) is 35.5 Å². The van der Waals surface area contributed by atoms with Crippen LogP contribution < -0.4 is 0 Å². The molecule has 0 radical (unpaired) electrons. The minimum absolute atomic E-state index is 0.000350. The lowest BCUT2D eigenvalue weighted by Crippen LogP contribution is -2.30. The van der Waals surface area contributed by atoms with Gasteiger partial charge in [0.1, 0.15) is 11.5 Å². The van der Waals surface area contributed by atoms with E-state index in [1.807, 2.05) is 0 Å². The molecule has 0 aliphatic carbocycles. The van der Waals surface area contributed by atoms with E-state index in [0.29, 0.717) is 24.8 Å². The quantitative estimate of drug-likeness (QED) is 0.130. The standard InChI is InChI=1S/C23H22N2O8/c26-17-11-7-14(8-12-17)20-19(21(29)15-5-9-16(10-6-15)25(32)33)22(30)23(31)24(20)13-3-1-2-4-18(27)28/h5-12,20,26,29H,1-4,13H2,(H,27,28). The van der Waals surface area contributed by atoms with Gasteiger partial charge >= 0.3 is 5.97 Å². The second-order valence-electron chi connectivity index (χ2n) is 7.59. The van der Waals surface area contributed by atoms with Gasteiger partial charge in [0.25, 0.3) is 17.4 Å². The number of phenolic OH excluding ortho intramolecular Hbond substituents is 1. The van der Waals surface area contributed by atoms with Crippen LogP contribution in [0.25, 0.3) is 5.76 Å². The Morgan fingerprint density at radius 2 is 1.61 bits per heavy atom. The Morgan fingerprint density at radius 3 is 2.18 bits per heavy atom. The predicted octanol–water partition coefficient (Wildman–Crippen LogP) is 3.37. The van der Waals surface area contributed by atoms with E-state index in [0.717, 1.165) is 0 Å². The number of carbonyl (C=O) groups excluding carboxylic acids is 2. The van der Waals surface area contributed by atoms with E-state index in [2.05, 4.69) is 0 Å². The Hall–Kier alpha value is -4.21. The summed E-state index contributed by atoms with van der Waals surface area (Å²) >= 11 is 0. The molecule has 172 valence electrons. The molecular formula is C23H22N2O8. The van der Waals surface area contributed by atoms with E-state index >= 15 is 0 Å². The van der Waals surface area contributed by atoms with Crippen molar-refractivity contribution in [2.24, 2.45) is 0 Å². The molecule has 1 aliphatic heterocycles. The molecule has 33 heavy (non-hydrogen) atoms. The Bertz CT molecular complexity index is 1110. The largest absolute Gasteiger partial charge is 0.508 e. The van der Waals surface area contributed by atoms with Crippen molar-refractivity contribution >= 4 is 29.1 Å². The van der Waals surface area contributed by atoms with Crippen LogP contribution in [-0.2, 0) is 14.4 Å². The lowest BCUT2D eigenvalue weighted by atomic mass is 9.95. The van der Waals surface area contributed by atoms with Crippen molar-refractivity contribution in [2.75, 3.05) is 6.54 Å². The lowest BCUT2D eigenvalue weighted by Gasteiger charge is -2.25. The highest BCUT2D eigenvalue weighted by Gasteiger charge is 2.45. The maximum atomic E-state index is 12.9. The molecule has 0 saturated carbocycles. The maximum Gasteiger partial charge on any atom is 0.303 e. The average Bonchev–Trinajstić information content (AvgIpc) is 3.03. The summed E-state index contributed by atoms with van der Waals surface area (Å²) in [5.74, 6) is -3.10. The molecule has 1 heterocycles. The first-order valence-electron chi connectivity index (χ1n) is 10.2. The summed E-state index contributed by atoms with van der Waals surface area (Å²) in [6.07, 6.45) is 1.40. The normalized spacial score (nSPS) is 17.3. The highest BCUT2D eigenvalue weighted by atomic mass is 16.6. The Kier molecular flexibility index (Phi) is 7.07. The van der Waals surface area contributed by atoms with Crippen molar-refractivity contribution in [3.8, 4) is 5.75 Å². The topological polar surface area (TPSA) is 158 Å². The number of carboxylic acid groups (broad SMARTS) is 1. The first-order chi connectivity index (χ1) is 15.7. The van der Waals surface area contributed by atoms with Gasteiger partial charge in [-0.05, 0) is 42.7 Å². The van der Waals surface area contributed by atoms with E-state index in [1.165, 1.54) is 53.4 Å². The number of aromatic hydroxyl groups is 1. The van der Waals surface area contributed by atoms with Crippen molar-refractivity contribution in [1.29, 1.82) is 0 Å². The number of hydrogen-bond donors (Lipinski definition) is 3. The zero-order valence-electron chi connectivity index (χ0n) is 17.5. The zero-order chi connectivity index (χ0) is 24.1. The van der Waals surface area contributed by atoms with Crippen LogP contribution in [-0.4, -0.2) is 49.3 Å². The number of carboxylic acids is 1. The fraction of sp³-hybridized carbons (Fsp3) is 0.261. The number of carbonyl (C=O) groups is 3. The number of ketones is 1. The molecule has 1 unspecified atom stereocenters. The summed E-state index contributed by atoms with van der Waals surface area (Å²) in [6, 6.07) is 9.88. The van der Waals surface area contributed by atoms with Crippen LogP contribution in [0.2, 0.25) is 0 Å². The number of Topliss-reactive ketones (excluding diaryl/α,β-unsaturated/α-hetero) is 1. The number of unbranched alkanes of at least 4 members (excludes halogenated alkanes) is 2. The zero-order valence-corrected chi connectivity index (χ0v) is 17.5. The van der Waals surface area contributed by atoms with Crippen molar-refractivity contribution in [3.63, 3.8) is 0 Å². The number of hydrogen-bond acceptors (Lipinski definition) is 7. The molecular weight excluding hydrogens is 432 g/mol. The molecule has 0 bridgehead atoms. The molecule has 10 heteroatoms. The van der Waals surface area contributed by atoms with E-state index in [1.54, 1.807) is 0 Å². The number of aliphatic hydroxyl groups excluding tert-OH is 1. The third kappa shape index (κ3) is 5.17. The molecule has 0 spiro atoms. The van der Waals surface area contributed by atoms with Gasteiger partial charge in [-0.15, -0.1) is 0 Å². The van der Waals surface area contributed by atoms with Gasteiger partial charge in [0, 0.05) is 30.7 Å². The summed E-state index contributed by atoms with van der Waals surface area (Å²) in [6.45, 7) is 0.160. The van der Waals surface area contributed by atoms with Gasteiger partial charge in [0.15, 0.2) is 0 Å². The summed E-state index contributed by atoms with van der Waals surface area (Å²) in [5, 5.41) is 40.2. The van der Waals surface area contributed by atoms with Crippen LogP contribution >= 0.6 is 0 Å². The number of likely N-dealkylation sites (tertiary alicyclic amines) is 1. The highest BCUT2D eigenvalue weighted by molar-refractivity contribution is 6.46. The van der Waals surface area contributed by atoms with Gasteiger partial charge in [-0.25, -0.2) is 0 Å². The summed E-state index contributed by atoms with van der Waals surface area (Å²) in [5.41, 5.74) is 0.276. The molecule has 2 aromatic carbocycles. The van der Waals surface area contributed by atoms with Gasteiger partial charge in [-0.2, -0.15) is 0 Å². The second kappa shape index (κ2) is 9.94. The maximum absolute atomic E-state index is 12.9. The number of nitro benzene ring substituents is 1. The van der Waals surface area contributed by atoms with Crippen molar-refractivity contribution in [3.05, 3.63) is 75.3 Å². The highest BCUT2D eigenvalue weighted by Crippen LogP contribution is 2.40. The number of aliphatic carboxylic acids is 1. The number of nitrogens with zero attached hydrogens (tertiary/aromatic N) is 2. The molecule has 0 aromatic heterocycles. The number of amides is 1. The molecule has 1 aliphatic rings. The number of aliphatic hydroxyl groups is 1. The lowest BCUT2D eigenvalue weighted by molar-refractivity contribution is -0.384. The van der Waals surface area contributed by atoms with Crippen molar-refractivity contribution in [1.82, 2.24) is 4.90 Å². The number of benzene rings is 2. The number of rotatable bonds is 9. The van der Waals surface area contributed by atoms with Crippen LogP contribution in [0.4, 0.5) is 5.69 Å². The fourth-order valence-corrected chi connectivity index (χ4v) is 3.75. The van der Waals surface area contributed by atoms with Gasteiger partial charge in [0.05, 0.1) is 16.5 Å². The number of non-ortho nitro benzene ring substituents is 1. The van der Waals surface area contributed by atoms with E-state index in [9.17, 15) is 34.7 Å². The van der Waals surface area contributed by atoms with Crippen LogP contribution in [0.15, 0.2) is 54.1 Å². The van der Waals surface area contributed by atoms with Crippen LogP contribution in [0, 0.1) is 10.1 Å². The number of nitro groups is 1. The van der Waals surface area contributed by atoms with Gasteiger partial charge in [0.2, 0.25) is 0 Å². The fourth-order valence-electron chi connectivity index (χ4n) is 3.75. The van der Waals surface area contributed by atoms with Gasteiger partial charge in [-0.1, -0.05) is 18.6 Å². The summed E-state index contributed by atoms with van der Waals surface area (Å²) in [7, 11) is 0. The molecule has 3 N–H and O–H groups in total. The van der Waals surface area contributed by atoms with E-state index < -0.39 is 34.4 Å². The molecule has 3 rings (SSSR count). The van der Waals surface area contributed by atoms with Crippen LogP contribution in [0.5, 0.6) is 5.75 Å². The molecule has 1 saturated heterocycles. The molecule has 10 nitrogen and oxygen atoms in total. The van der Waals surface area contributed by atoms with Gasteiger partial charge < -0.3 is 20.2 Å². The molecule has 1 amide bonds. The van der Waals surface area contributed by atoms with Crippen LogP contribution in [0.1, 0.15) is 42.9 Å². The minimum atomic E-state index is -0.930. The predicted molar refractivity (Wildman–Crippen MR) is 116 cm³/mol. The average molecular weight is 454 g/mol. The van der Waals surface area contributed by atoms with Gasteiger partial charge in [-0.3, -0.25) is 24.5 Å². The molecule has 2 aromatic rings. The van der Waals surface area contributed by atoms with Crippen molar-refractivity contribution in [2.45, 2.75) is 31.7 Å².